The molecule has 0 amide bonds. The zero-order chi connectivity index (χ0) is 14.8. The van der Waals surface area contributed by atoms with E-state index in [0.717, 1.165) is 11.5 Å². The largest absolute Gasteiger partial charge is 0.573 e. The standard InChI is InChI=1S/C14H14F3NO2/c1-9-3-8-13(19-9)10(2)18-11-4-6-12(7-5-11)20-14(15,16)17/h3-8,10,18H,1-2H3. The maximum absolute atomic E-state index is 12.0. The molecule has 0 saturated heterocycles. The molecule has 2 aromatic rings. The molecule has 1 aromatic carbocycles. The molecule has 0 fully saturated rings. The van der Waals surface area contributed by atoms with Gasteiger partial charge in [-0.05, 0) is 50.2 Å². The number of halogens is 3. The van der Waals surface area contributed by atoms with Crippen molar-refractivity contribution in [2.24, 2.45) is 0 Å². The summed E-state index contributed by atoms with van der Waals surface area (Å²) >= 11 is 0. The van der Waals surface area contributed by atoms with E-state index in [1.165, 1.54) is 24.3 Å². The Bertz CT molecular complexity index is 561. The van der Waals surface area contributed by atoms with E-state index in [2.05, 4.69) is 10.1 Å². The molecule has 3 nitrogen and oxygen atoms in total. The van der Waals surface area contributed by atoms with E-state index in [4.69, 9.17) is 4.42 Å². The highest BCUT2D eigenvalue weighted by atomic mass is 19.4. The number of benzene rings is 1. The first-order valence-electron chi connectivity index (χ1n) is 6.02. The minimum Gasteiger partial charge on any atom is -0.464 e. The van der Waals surface area contributed by atoms with Gasteiger partial charge in [0.05, 0.1) is 6.04 Å². The zero-order valence-electron chi connectivity index (χ0n) is 11.0. The fraction of sp³-hybridized carbons (Fsp3) is 0.286. The summed E-state index contributed by atoms with van der Waals surface area (Å²) in [5.74, 6) is 1.32. The molecule has 1 N–H and O–H groups in total. The summed E-state index contributed by atoms with van der Waals surface area (Å²) in [4.78, 5) is 0. The van der Waals surface area contributed by atoms with Crippen molar-refractivity contribution >= 4 is 5.69 Å². The molecule has 0 aliphatic carbocycles. The molecule has 20 heavy (non-hydrogen) atoms. The SMILES string of the molecule is Cc1ccc(C(C)Nc2ccc(OC(F)(F)F)cc2)o1. The van der Waals surface area contributed by atoms with Crippen LogP contribution in [0.25, 0.3) is 0 Å². The minimum atomic E-state index is -4.67. The fourth-order valence-electron chi connectivity index (χ4n) is 1.76. The van der Waals surface area contributed by atoms with E-state index in [9.17, 15) is 13.2 Å². The van der Waals surface area contributed by atoms with E-state index in [-0.39, 0.29) is 11.8 Å². The van der Waals surface area contributed by atoms with Crippen molar-refractivity contribution in [3.63, 3.8) is 0 Å². The molecule has 0 bridgehead atoms. The summed E-state index contributed by atoms with van der Waals surface area (Å²) in [7, 11) is 0. The second kappa shape index (κ2) is 5.48. The smallest absolute Gasteiger partial charge is 0.464 e. The van der Waals surface area contributed by atoms with Gasteiger partial charge < -0.3 is 14.5 Å². The van der Waals surface area contributed by atoms with Gasteiger partial charge in [0.1, 0.15) is 17.3 Å². The Balaban J connectivity index is 2.00. The number of hydrogen-bond donors (Lipinski definition) is 1. The number of hydrogen-bond acceptors (Lipinski definition) is 3. The lowest BCUT2D eigenvalue weighted by molar-refractivity contribution is -0.274. The average molecular weight is 285 g/mol. The van der Waals surface area contributed by atoms with Crippen LogP contribution in [0, 0.1) is 6.92 Å². The Morgan fingerprint density at radius 2 is 1.75 bits per heavy atom. The van der Waals surface area contributed by atoms with Crippen LogP contribution in [0.2, 0.25) is 0 Å². The second-order valence-corrected chi connectivity index (χ2v) is 4.39. The molecule has 1 unspecified atom stereocenters. The number of anilines is 1. The first-order valence-corrected chi connectivity index (χ1v) is 6.02. The molecule has 0 saturated carbocycles. The van der Waals surface area contributed by atoms with Gasteiger partial charge in [0.25, 0.3) is 0 Å². The molecule has 0 spiro atoms. The van der Waals surface area contributed by atoms with E-state index in [0.29, 0.717) is 5.69 Å². The van der Waals surface area contributed by atoms with Gasteiger partial charge in [0.15, 0.2) is 0 Å². The van der Waals surface area contributed by atoms with Crippen LogP contribution in [0.1, 0.15) is 24.5 Å². The van der Waals surface area contributed by atoms with Crippen molar-refractivity contribution < 1.29 is 22.3 Å². The lowest BCUT2D eigenvalue weighted by atomic mass is 10.2. The number of nitrogens with one attached hydrogen (secondary N) is 1. The van der Waals surface area contributed by atoms with Gasteiger partial charge in [-0.15, -0.1) is 13.2 Å². The third-order valence-electron chi connectivity index (χ3n) is 2.66. The molecule has 1 heterocycles. The molecular formula is C14H14F3NO2. The van der Waals surface area contributed by atoms with Crippen molar-refractivity contribution in [2.45, 2.75) is 26.3 Å². The summed E-state index contributed by atoms with van der Waals surface area (Å²) < 4.78 is 45.4. The quantitative estimate of drug-likeness (QED) is 0.887. The van der Waals surface area contributed by atoms with Gasteiger partial charge in [-0.3, -0.25) is 0 Å². The highest BCUT2D eigenvalue weighted by Gasteiger charge is 2.30. The molecule has 2 rings (SSSR count). The molecule has 1 aromatic heterocycles. The van der Waals surface area contributed by atoms with E-state index in [1.54, 1.807) is 0 Å². The van der Waals surface area contributed by atoms with Crippen molar-refractivity contribution in [1.82, 2.24) is 0 Å². The second-order valence-electron chi connectivity index (χ2n) is 4.39. The van der Waals surface area contributed by atoms with E-state index < -0.39 is 6.36 Å². The number of alkyl halides is 3. The predicted molar refractivity (Wildman–Crippen MR) is 68.6 cm³/mol. The lowest BCUT2D eigenvalue weighted by Gasteiger charge is -2.14. The molecule has 1 atom stereocenters. The molecule has 0 aliphatic rings. The molecule has 0 aliphatic heterocycles. The summed E-state index contributed by atoms with van der Waals surface area (Å²) in [5, 5.41) is 3.13. The topological polar surface area (TPSA) is 34.4 Å². The van der Waals surface area contributed by atoms with Crippen LogP contribution in [0.5, 0.6) is 5.75 Å². The Hall–Kier alpha value is -2.11. The highest BCUT2D eigenvalue weighted by Crippen LogP contribution is 2.26. The summed E-state index contributed by atoms with van der Waals surface area (Å²) in [6.45, 7) is 3.75. The molecular weight excluding hydrogens is 271 g/mol. The highest BCUT2D eigenvalue weighted by molar-refractivity contribution is 5.47. The first kappa shape index (κ1) is 14.3. The van der Waals surface area contributed by atoms with Crippen molar-refractivity contribution in [3.05, 3.63) is 47.9 Å². The summed E-state index contributed by atoms with van der Waals surface area (Å²) in [6.07, 6.45) is -4.67. The van der Waals surface area contributed by atoms with Crippen LogP contribution < -0.4 is 10.1 Å². The normalized spacial score (nSPS) is 13.1. The summed E-state index contributed by atoms with van der Waals surface area (Å²) in [5.41, 5.74) is 0.682. The third kappa shape index (κ3) is 3.94. The summed E-state index contributed by atoms with van der Waals surface area (Å²) in [6, 6.07) is 9.19. The van der Waals surface area contributed by atoms with Crippen molar-refractivity contribution in [3.8, 4) is 5.75 Å². The monoisotopic (exact) mass is 285 g/mol. The maximum Gasteiger partial charge on any atom is 0.573 e. The Labute approximate surface area is 114 Å². The van der Waals surface area contributed by atoms with Gasteiger partial charge in [0, 0.05) is 5.69 Å². The van der Waals surface area contributed by atoms with Crippen molar-refractivity contribution in [2.75, 3.05) is 5.32 Å². The maximum atomic E-state index is 12.0. The van der Waals surface area contributed by atoms with E-state index in [1.807, 2.05) is 26.0 Å². The third-order valence-corrected chi connectivity index (χ3v) is 2.66. The Kier molecular flexibility index (Phi) is 3.92. The fourth-order valence-corrected chi connectivity index (χ4v) is 1.76. The van der Waals surface area contributed by atoms with Crippen molar-refractivity contribution in [1.29, 1.82) is 0 Å². The van der Waals surface area contributed by atoms with Crippen LogP contribution in [0.4, 0.5) is 18.9 Å². The Morgan fingerprint density at radius 1 is 1.10 bits per heavy atom. The number of rotatable bonds is 4. The van der Waals surface area contributed by atoms with E-state index >= 15 is 0 Å². The lowest BCUT2D eigenvalue weighted by Crippen LogP contribution is -2.17. The number of ether oxygens (including phenoxy) is 1. The molecule has 0 radical (unpaired) electrons. The van der Waals surface area contributed by atoms with Gasteiger partial charge in [0.2, 0.25) is 0 Å². The zero-order valence-corrected chi connectivity index (χ0v) is 11.0. The van der Waals surface area contributed by atoms with Crippen LogP contribution in [-0.4, -0.2) is 6.36 Å². The molecule has 6 heteroatoms. The van der Waals surface area contributed by atoms with Gasteiger partial charge in [-0.1, -0.05) is 0 Å². The Morgan fingerprint density at radius 3 is 2.25 bits per heavy atom. The van der Waals surface area contributed by atoms with Crippen LogP contribution in [-0.2, 0) is 0 Å². The minimum absolute atomic E-state index is 0.0851. The van der Waals surface area contributed by atoms with Gasteiger partial charge in [-0.25, -0.2) is 0 Å². The van der Waals surface area contributed by atoms with Gasteiger partial charge >= 0.3 is 6.36 Å². The van der Waals surface area contributed by atoms with Crippen LogP contribution in [0.3, 0.4) is 0 Å². The number of furan rings is 1. The average Bonchev–Trinajstić information content (AvgIpc) is 2.77. The molecule has 108 valence electrons. The first-order chi connectivity index (χ1) is 9.33. The predicted octanol–water partition coefficient (Wildman–Crippen LogP) is 4.66. The van der Waals surface area contributed by atoms with Gasteiger partial charge in [-0.2, -0.15) is 0 Å². The number of aryl methyl sites for hydroxylation is 1. The van der Waals surface area contributed by atoms with Crippen LogP contribution >= 0.6 is 0 Å². The van der Waals surface area contributed by atoms with Crippen LogP contribution in [0.15, 0.2) is 40.8 Å².